The normalized spacial score (nSPS) is 19.7. The second kappa shape index (κ2) is 6.43. The molecule has 1 aromatic heterocycles. The van der Waals surface area contributed by atoms with Crippen molar-refractivity contribution in [2.75, 3.05) is 14.1 Å². The maximum absolute atomic E-state index is 6.40. The molecular weight excluding hydrogens is 274 g/mol. The number of nitrogens with two attached hydrogens (primary N) is 1. The zero-order chi connectivity index (χ0) is 14.8. The van der Waals surface area contributed by atoms with Gasteiger partial charge in [-0.15, -0.1) is 0 Å². The van der Waals surface area contributed by atoms with E-state index in [9.17, 15) is 0 Å². The van der Waals surface area contributed by atoms with E-state index < -0.39 is 0 Å². The van der Waals surface area contributed by atoms with E-state index in [0.717, 1.165) is 31.5 Å². The van der Waals surface area contributed by atoms with Crippen molar-refractivity contribution in [2.24, 2.45) is 5.84 Å². The third-order valence-corrected chi connectivity index (χ3v) is 4.90. The van der Waals surface area contributed by atoms with Crippen molar-refractivity contribution in [2.45, 2.75) is 57.2 Å². The van der Waals surface area contributed by atoms with E-state index in [1.807, 2.05) is 4.68 Å². The Kier molecular flexibility index (Phi) is 5.07. The molecule has 1 aliphatic carbocycles. The van der Waals surface area contributed by atoms with Crippen LogP contribution in [-0.4, -0.2) is 34.3 Å². The molecule has 0 spiro atoms. The number of rotatable bonds is 6. The van der Waals surface area contributed by atoms with Gasteiger partial charge in [-0.1, -0.05) is 31.4 Å². The van der Waals surface area contributed by atoms with E-state index in [0.29, 0.717) is 5.02 Å². The minimum atomic E-state index is 0.00144. The summed E-state index contributed by atoms with van der Waals surface area (Å²) in [5.41, 5.74) is 4.06. The number of aryl methyl sites for hydroxylation is 1. The fourth-order valence-electron chi connectivity index (χ4n) is 3.52. The van der Waals surface area contributed by atoms with Gasteiger partial charge in [0.2, 0.25) is 0 Å². The van der Waals surface area contributed by atoms with Crippen LogP contribution >= 0.6 is 11.6 Å². The summed E-state index contributed by atoms with van der Waals surface area (Å²) < 4.78 is 2.00. The molecule has 0 aromatic carbocycles. The largest absolute Gasteiger partial charge is 0.302 e. The average molecular weight is 300 g/mol. The van der Waals surface area contributed by atoms with Gasteiger partial charge in [0.15, 0.2) is 0 Å². The second-order valence-electron chi connectivity index (χ2n) is 5.91. The molecule has 1 aliphatic rings. The summed E-state index contributed by atoms with van der Waals surface area (Å²) in [5.74, 6) is 5.92. The Morgan fingerprint density at radius 2 is 2.15 bits per heavy atom. The van der Waals surface area contributed by atoms with Crippen LogP contribution in [0.3, 0.4) is 0 Å². The maximum Gasteiger partial charge on any atom is 0.0835 e. The Morgan fingerprint density at radius 1 is 1.50 bits per heavy atom. The van der Waals surface area contributed by atoms with Crippen LogP contribution in [0.2, 0.25) is 5.02 Å². The van der Waals surface area contributed by atoms with Crippen LogP contribution < -0.4 is 11.3 Å². The van der Waals surface area contributed by atoms with E-state index >= 15 is 0 Å². The van der Waals surface area contributed by atoms with E-state index in [4.69, 9.17) is 17.4 Å². The number of likely N-dealkylation sites (N-methyl/N-ethyl adjacent to an activating group) is 1. The monoisotopic (exact) mass is 299 g/mol. The van der Waals surface area contributed by atoms with Gasteiger partial charge >= 0.3 is 0 Å². The Hall–Kier alpha value is -0.620. The van der Waals surface area contributed by atoms with Crippen molar-refractivity contribution in [3.05, 3.63) is 16.9 Å². The molecule has 1 aromatic rings. The number of nitrogens with zero attached hydrogens (tertiary/aromatic N) is 3. The SMILES string of the molecule is CCCn1ncc(Cl)c1C(NN)C1(N(C)C)CCCC1. The number of hydrazine groups is 1. The topological polar surface area (TPSA) is 59.1 Å². The van der Waals surface area contributed by atoms with Gasteiger partial charge in [-0.2, -0.15) is 5.10 Å². The Labute approximate surface area is 126 Å². The lowest BCUT2D eigenvalue weighted by molar-refractivity contribution is 0.1000. The van der Waals surface area contributed by atoms with Gasteiger partial charge in [-0.05, 0) is 33.4 Å². The lowest BCUT2D eigenvalue weighted by atomic mass is 9.85. The smallest absolute Gasteiger partial charge is 0.0835 e. The van der Waals surface area contributed by atoms with Crippen molar-refractivity contribution in [1.29, 1.82) is 0 Å². The van der Waals surface area contributed by atoms with Crippen LogP contribution in [0, 0.1) is 0 Å². The zero-order valence-electron chi connectivity index (χ0n) is 12.7. The summed E-state index contributed by atoms with van der Waals surface area (Å²) in [7, 11) is 4.26. The van der Waals surface area contributed by atoms with Gasteiger partial charge in [0.05, 0.1) is 23.0 Å². The Bertz CT molecular complexity index is 437. The van der Waals surface area contributed by atoms with Crippen LogP contribution in [0.5, 0.6) is 0 Å². The molecule has 2 rings (SSSR count). The number of aromatic nitrogens is 2. The minimum absolute atomic E-state index is 0.00144. The average Bonchev–Trinajstić information content (AvgIpc) is 3.02. The summed E-state index contributed by atoms with van der Waals surface area (Å²) in [6.45, 7) is 3.01. The van der Waals surface area contributed by atoms with Crippen molar-refractivity contribution in [3.8, 4) is 0 Å². The molecule has 0 saturated heterocycles. The van der Waals surface area contributed by atoms with Crippen molar-refractivity contribution >= 4 is 11.6 Å². The summed E-state index contributed by atoms with van der Waals surface area (Å²) in [4.78, 5) is 2.30. The molecule has 1 unspecified atom stereocenters. The molecule has 114 valence electrons. The molecule has 20 heavy (non-hydrogen) atoms. The van der Waals surface area contributed by atoms with Crippen LogP contribution in [-0.2, 0) is 6.54 Å². The van der Waals surface area contributed by atoms with Crippen molar-refractivity contribution in [1.82, 2.24) is 20.1 Å². The highest BCUT2D eigenvalue weighted by molar-refractivity contribution is 6.31. The first-order valence-electron chi connectivity index (χ1n) is 7.41. The molecule has 0 amide bonds. The highest BCUT2D eigenvalue weighted by atomic mass is 35.5. The molecule has 1 heterocycles. The van der Waals surface area contributed by atoms with Crippen molar-refractivity contribution in [3.63, 3.8) is 0 Å². The fourth-order valence-corrected chi connectivity index (χ4v) is 3.77. The number of hydrogen-bond donors (Lipinski definition) is 2. The van der Waals surface area contributed by atoms with Gasteiger partial charge < -0.3 is 4.90 Å². The van der Waals surface area contributed by atoms with Crippen LogP contribution in [0.1, 0.15) is 50.8 Å². The highest BCUT2D eigenvalue weighted by Crippen LogP contribution is 2.44. The third-order valence-electron chi connectivity index (χ3n) is 4.61. The first-order valence-corrected chi connectivity index (χ1v) is 7.79. The molecule has 0 aliphatic heterocycles. The summed E-state index contributed by atoms with van der Waals surface area (Å²) in [6, 6.07) is 0.00144. The lowest BCUT2D eigenvalue weighted by Crippen LogP contribution is -2.54. The van der Waals surface area contributed by atoms with Crippen LogP contribution in [0.4, 0.5) is 0 Å². The number of nitrogens with one attached hydrogen (secondary N) is 1. The van der Waals surface area contributed by atoms with Gasteiger partial charge in [0.1, 0.15) is 0 Å². The molecule has 5 nitrogen and oxygen atoms in total. The van der Waals surface area contributed by atoms with Gasteiger partial charge in [-0.25, -0.2) is 5.43 Å². The Morgan fingerprint density at radius 3 is 2.65 bits per heavy atom. The van der Waals surface area contributed by atoms with Crippen molar-refractivity contribution < 1.29 is 0 Å². The molecule has 6 heteroatoms. The predicted molar refractivity (Wildman–Crippen MR) is 82.5 cm³/mol. The summed E-state index contributed by atoms with van der Waals surface area (Å²) in [6.07, 6.45) is 7.48. The van der Waals surface area contributed by atoms with Crippen LogP contribution in [0.25, 0.3) is 0 Å². The van der Waals surface area contributed by atoms with Gasteiger partial charge in [-0.3, -0.25) is 10.5 Å². The number of hydrogen-bond acceptors (Lipinski definition) is 4. The first kappa shape index (κ1) is 15.8. The first-order chi connectivity index (χ1) is 9.56. The van der Waals surface area contributed by atoms with E-state index in [-0.39, 0.29) is 11.6 Å². The molecule has 1 saturated carbocycles. The van der Waals surface area contributed by atoms with E-state index in [2.05, 4.69) is 36.4 Å². The summed E-state index contributed by atoms with van der Waals surface area (Å²) >= 11 is 6.40. The maximum atomic E-state index is 6.40. The molecule has 1 atom stereocenters. The predicted octanol–water partition coefficient (Wildman–Crippen LogP) is 2.33. The highest BCUT2D eigenvalue weighted by Gasteiger charge is 2.45. The molecule has 0 radical (unpaired) electrons. The van der Waals surface area contributed by atoms with E-state index in [1.165, 1.54) is 12.8 Å². The molecule has 3 N–H and O–H groups in total. The molecule has 0 bridgehead atoms. The minimum Gasteiger partial charge on any atom is -0.302 e. The second-order valence-corrected chi connectivity index (χ2v) is 6.31. The van der Waals surface area contributed by atoms with Gasteiger partial charge in [0, 0.05) is 12.1 Å². The molecule has 1 fully saturated rings. The summed E-state index contributed by atoms with van der Waals surface area (Å²) in [5, 5.41) is 5.11. The lowest BCUT2D eigenvalue weighted by Gasteiger charge is -2.43. The fraction of sp³-hybridized carbons (Fsp3) is 0.786. The van der Waals surface area contributed by atoms with E-state index in [1.54, 1.807) is 6.20 Å². The van der Waals surface area contributed by atoms with Crippen LogP contribution in [0.15, 0.2) is 6.20 Å². The Balaban J connectivity index is 2.43. The quantitative estimate of drug-likeness (QED) is 0.625. The third kappa shape index (κ3) is 2.60. The zero-order valence-corrected chi connectivity index (χ0v) is 13.5. The molecular formula is C14H26ClN5. The standard InChI is InChI=1S/C14H26ClN5/c1-4-9-20-12(11(15)10-17-20)13(18-16)14(19(2)3)7-5-6-8-14/h10,13,18H,4-9,16H2,1-3H3. The number of halogens is 1. The van der Waals surface area contributed by atoms with Gasteiger partial charge in [0.25, 0.3) is 0 Å².